The summed E-state index contributed by atoms with van der Waals surface area (Å²) in [5.41, 5.74) is 1.05. The van der Waals surface area contributed by atoms with Gasteiger partial charge in [0, 0.05) is 26.0 Å². The first-order valence-electron chi connectivity index (χ1n) is 5.48. The van der Waals surface area contributed by atoms with Gasteiger partial charge in [-0.05, 0) is 5.56 Å². The first-order valence-corrected chi connectivity index (χ1v) is 5.48. The van der Waals surface area contributed by atoms with Crippen molar-refractivity contribution in [1.82, 2.24) is 9.97 Å². The Balaban J connectivity index is 2.24. The van der Waals surface area contributed by atoms with E-state index in [1.807, 2.05) is 30.3 Å². The van der Waals surface area contributed by atoms with Crippen molar-refractivity contribution in [2.24, 2.45) is 0 Å². The lowest BCUT2D eigenvalue weighted by atomic mass is 10.2. The molecule has 0 bridgehead atoms. The number of aromatic carboxylic acids is 1. The quantitative estimate of drug-likeness (QED) is 0.887. The summed E-state index contributed by atoms with van der Waals surface area (Å²) < 4.78 is 0. The minimum atomic E-state index is -1.07. The Morgan fingerprint density at radius 1 is 1.22 bits per heavy atom. The molecule has 0 fully saturated rings. The molecule has 1 N–H and O–H groups in total. The maximum absolute atomic E-state index is 11.0. The molecule has 0 aliphatic rings. The second-order valence-corrected chi connectivity index (χ2v) is 3.88. The molecule has 0 saturated heterocycles. The SMILES string of the molecule is CN(Cc1ccccc1)c1nccnc1C(=O)O. The highest BCUT2D eigenvalue weighted by Crippen LogP contribution is 2.15. The Bertz CT molecular complexity index is 543. The van der Waals surface area contributed by atoms with Crippen LogP contribution in [-0.4, -0.2) is 28.1 Å². The monoisotopic (exact) mass is 243 g/mol. The number of aromatic nitrogens is 2. The predicted molar refractivity (Wildman–Crippen MR) is 67.5 cm³/mol. The van der Waals surface area contributed by atoms with Gasteiger partial charge in [0.2, 0.25) is 0 Å². The third kappa shape index (κ3) is 2.63. The molecular weight excluding hydrogens is 230 g/mol. The van der Waals surface area contributed by atoms with Crippen LogP contribution in [0.1, 0.15) is 16.1 Å². The molecule has 1 aromatic heterocycles. The van der Waals surface area contributed by atoms with E-state index in [-0.39, 0.29) is 5.69 Å². The van der Waals surface area contributed by atoms with Gasteiger partial charge in [0.1, 0.15) is 0 Å². The maximum atomic E-state index is 11.0. The summed E-state index contributed by atoms with van der Waals surface area (Å²) in [4.78, 5) is 20.7. The Morgan fingerprint density at radius 2 is 1.89 bits per heavy atom. The van der Waals surface area contributed by atoms with Gasteiger partial charge in [-0.1, -0.05) is 30.3 Å². The number of nitrogens with zero attached hydrogens (tertiary/aromatic N) is 3. The number of hydrogen-bond donors (Lipinski definition) is 1. The first-order chi connectivity index (χ1) is 8.68. The number of benzene rings is 1. The van der Waals surface area contributed by atoms with Gasteiger partial charge in [0.15, 0.2) is 11.5 Å². The summed E-state index contributed by atoms with van der Waals surface area (Å²) in [6, 6.07) is 9.78. The fourth-order valence-corrected chi connectivity index (χ4v) is 1.69. The summed E-state index contributed by atoms with van der Waals surface area (Å²) in [6.07, 6.45) is 2.87. The van der Waals surface area contributed by atoms with E-state index in [0.29, 0.717) is 12.4 Å². The largest absolute Gasteiger partial charge is 0.476 e. The highest BCUT2D eigenvalue weighted by Gasteiger charge is 2.16. The van der Waals surface area contributed by atoms with Gasteiger partial charge in [-0.3, -0.25) is 0 Å². The predicted octanol–water partition coefficient (Wildman–Crippen LogP) is 1.81. The van der Waals surface area contributed by atoms with Crippen LogP contribution < -0.4 is 4.90 Å². The average molecular weight is 243 g/mol. The molecule has 0 amide bonds. The fraction of sp³-hybridized carbons (Fsp3) is 0.154. The molecule has 5 nitrogen and oxygen atoms in total. The van der Waals surface area contributed by atoms with Gasteiger partial charge in [-0.15, -0.1) is 0 Å². The number of carbonyl (C=O) groups is 1. The van der Waals surface area contributed by atoms with Crippen LogP contribution in [0.2, 0.25) is 0 Å². The van der Waals surface area contributed by atoms with Crippen molar-refractivity contribution in [3.63, 3.8) is 0 Å². The fourth-order valence-electron chi connectivity index (χ4n) is 1.69. The lowest BCUT2D eigenvalue weighted by molar-refractivity contribution is 0.0690. The molecule has 0 spiro atoms. The molecule has 0 unspecified atom stereocenters. The van der Waals surface area contributed by atoms with Gasteiger partial charge >= 0.3 is 5.97 Å². The second kappa shape index (κ2) is 5.27. The summed E-state index contributed by atoms with van der Waals surface area (Å²) in [7, 11) is 1.80. The van der Waals surface area contributed by atoms with E-state index in [0.717, 1.165) is 5.56 Å². The molecule has 2 rings (SSSR count). The van der Waals surface area contributed by atoms with Crippen molar-refractivity contribution >= 4 is 11.8 Å². The minimum absolute atomic E-state index is 0.0315. The molecule has 1 heterocycles. The highest BCUT2D eigenvalue weighted by atomic mass is 16.4. The Hall–Kier alpha value is -2.43. The van der Waals surface area contributed by atoms with E-state index in [9.17, 15) is 4.79 Å². The molecule has 2 aromatic rings. The Labute approximate surface area is 105 Å². The van der Waals surface area contributed by atoms with E-state index >= 15 is 0 Å². The van der Waals surface area contributed by atoms with Gasteiger partial charge in [0.05, 0.1) is 0 Å². The zero-order valence-electron chi connectivity index (χ0n) is 9.95. The van der Waals surface area contributed by atoms with Crippen molar-refractivity contribution in [3.8, 4) is 0 Å². The van der Waals surface area contributed by atoms with Crippen molar-refractivity contribution in [2.75, 3.05) is 11.9 Å². The van der Waals surface area contributed by atoms with Crippen LogP contribution in [-0.2, 0) is 6.54 Å². The number of rotatable bonds is 4. The molecule has 0 aliphatic carbocycles. The van der Waals surface area contributed by atoms with E-state index in [4.69, 9.17) is 5.11 Å². The summed E-state index contributed by atoms with van der Waals surface area (Å²) in [5.74, 6) is -0.702. The van der Waals surface area contributed by atoms with Crippen molar-refractivity contribution in [3.05, 3.63) is 54.0 Å². The molecule has 0 aliphatic heterocycles. The lowest BCUT2D eigenvalue weighted by Crippen LogP contribution is -2.21. The van der Waals surface area contributed by atoms with Crippen LogP contribution in [0.3, 0.4) is 0 Å². The van der Waals surface area contributed by atoms with Crippen LogP contribution in [0.25, 0.3) is 0 Å². The normalized spacial score (nSPS) is 10.1. The third-order valence-electron chi connectivity index (χ3n) is 2.51. The van der Waals surface area contributed by atoms with Gasteiger partial charge in [0.25, 0.3) is 0 Å². The number of anilines is 1. The summed E-state index contributed by atoms with van der Waals surface area (Å²) in [6.45, 7) is 0.583. The standard InChI is InChI=1S/C13H13N3O2/c1-16(9-10-5-3-2-4-6-10)12-11(13(17)18)14-7-8-15-12/h2-8H,9H2,1H3,(H,17,18). The van der Waals surface area contributed by atoms with Crippen LogP contribution in [0.5, 0.6) is 0 Å². The number of carboxylic acids is 1. The average Bonchev–Trinajstić information content (AvgIpc) is 2.40. The van der Waals surface area contributed by atoms with E-state index < -0.39 is 5.97 Å². The Morgan fingerprint density at radius 3 is 2.56 bits per heavy atom. The van der Waals surface area contributed by atoms with Crippen molar-refractivity contribution < 1.29 is 9.90 Å². The molecule has 0 atom stereocenters. The van der Waals surface area contributed by atoms with Gasteiger partial charge in [-0.2, -0.15) is 0 Å². The van der Waals surface area contributed by atoms with Crippen molar-refractivity contribution in [2.45, 2.75) is 6.54 Å². The minimum Gasteiger partial charge on any atom is -0.476 e. The van der Waals surface area contributed by atoms with Crippen molar-refractivity contribution in [1.29, 1.82) is 0 Å². The van der Waals surface area contributed by atoms with E-state index in [2.05, 4.69) is 9.97 Å². The first kappa shape index (κ1) is 12.0. The topological polar surface area (TPSA) is 66.3 Å². The number of carboxylic acid groups (broad SMARTS) is 1. The number of hydrogen-bond acceptors (Lipinski definition) is 4. The van der Waals surface area contributed by atoms with Crippen LogP contribution in [0, 0.1) is 0 Å². The van der Waals surface area contributed by atoms with Gasteiger partial charge in [-0.25, -0.2) is 14.8 Å². The third-order valence-corrected chi connectivity index (χ3v) is 2.51. The van der Waals surface area contributed by atoms with Crippen LogP contribution >= 0.6 is 0 Å². The summed E-state index contributed by atoms with van der Waals surface area (Å²) in [5, 5.41) is 9.05. The maximum Gasteiger partial charge on any atom is 0.358 e. The van der Waals surface area contributed by atoms with Crippen LogP contribution in [0.15, 0.2) is 42.7 Å². The smallest absolute Gasteiger partial charge is 0.358 e. The Kier molecular flexibility index (Phi) is 3.52. The zero-order chi connectivity index (χ0) is 13.0. The molecule has 0 radical (unpaired) electrons. The molecule has 18 heavy (non-hydrogen) atoms. The molecule has 92 valence electrons. The zero-order valence-corrected chi connectivity index (χ0v) is 9.95. The lowest BCUT2D eigenvalue weighted by Gasteiger charge is -2.19. The summed E-state index contributed by atoms with van der Waals surface area (Å²) >= 11 is 0. The van der Waals surface area contributed by atoms with Gasteiger partial charge < -0.3 is 10.0 Å². The molecular formula is C13H13N3O2. The van der Waals surface area contributed by atoms with E-state index in [1.54, 1.807) is 11.9 Å². The molecule has 1 aromatic carbocycles. The van der Waals surface area contributed by atoms with E-state index in [1.165, 1.54) is 12.4 Å². The van der Waals surface area contributed by atoms with Crippen LogP contribution in [0.4, 0.5) is 5.82 Å². The molecule has 0 saturated carbocycles. The highest BCUT2D eigenvalue weighted by molar-refractivity contribution is 5.90. The molecule has 5 heteroatoms. The second-order valence-electron chi connectivity index (χ2n) is 3.88.